The topological polar surface area (TPSA) is 98.0 Å². The van der Waals surface area contributed by atoms with Crippen LogP contribution < -0.4 is 0 Å². The van der Waals surface area contributed by atoms with Crippen molar-refractivity contribution in [1.82, 2.24) is 0 Å². The first-order chi connectivity index (χ1) is 14.2. The second kappa shape index (κ2) is 10.3. The molecule has 0 saturated heterocycles. The Bertz CT molecular complexity index is 985. The third-order valence-corrected chi connectivity index (χ3v) is 4.62. The van der Waals surface area contributed by atoms with Gasteiger partial charge in [-0.1, -0.05) is 35.4 Å². The van der Waals surface area contributed by atoms with Gasteiger partial charge in [-0.3, -0.25) is 4.79 Å². The van der Waals surface area contributed by atoms with E-state index in [9.17, 15) is 25.2 Å². The average molecular weight is 408 g/mol. The summed E-state index contributed by atoms with van der Waals surface area (Å²) in [5.41, 5.74) is 3.69. The molecule has 158 valence electrons. The second-order valence-electron chi connectivity index (χ2n) is 7.52. The van der Waals surface area contributed by atoms with Crippen LogP contribution in [0.2, 0.25) is 0 Å². The molecule has 2 aromatic carbocycles. The van der Waals surface area contributed by atoms with Gasteiger partial charge in [0.2, 0.25) is 0 Å². The third-order valence-electron chi connectivity index (χ3n) is 4.62. The van der Waals surface area contributed by atoms with E-state index in [0.717, 1.165) is 30.5 Å². The maximum Gasteiger partial charge on any atom is 0.193 e. The zero-order valence-corrected chi connectivity index (χ0v) is 17.5. The molecule has 0 spiro atoms. The quantitative estimate of drug-likeness (QED) is 0.257. The summed E-state index contributed by atoms with van der Waals surface area (Å²) in [5, 5.41) is 39.1. The predicted octanol–water partition coefficient (Wildman–Crippen LogP) is 5.64. The van der Waals surface area contributed by atoms with Gasteiger partial charge in [-0.2, -0.15) is 0 Å². The Morgan fingerprint density at radius 1 is 0.900 bits per heavy atom. The van der Waals surface area contributed by atoms with Crippen LogP contribution in [0.15, 0.2) is 59.7 Å². The van der Waals surface area contributed by atoms with Gasteiger partial charge >= 0.3 is 0 Å². The van der Waals surface area contributed by atoms with Crippen LogP contribution in [0.1, 0.15) is 55.1 Å². The molecule has 5 nitrogen and oxygen atoms in total. The van der Waals surface area contributed by atoms with E-state index in [1.54, 1.807) is 24.3 Å². The Labute approximate surface area is 177 Å². The number of hydrogen-bond donors (Lipinski definition) is 4. The number of allylic oxidation sites excluding steroid dienone is 5. The number of phenolic OH excluding ortho intramolecular Hbond substituents is 4. The van der Waals surface area contributed by atoms with Crippen molar-refractivity contribution in [3.8, 4) is 23.0 Å². The largest absolute Gasteiger partial charge is 0.508 e. The lowest BCUT2D eigenvalue weighted by atomic mass is 10.0. The van der Waals surface area contributed by atoms with E-state index in [1.165, 1.54) is 17.2 Å². The standard InChI is InChI=1S/C25H28O5/c1-16(2)5-4-6-17(3)7-10-19-13-18(8-11-21(19)27)9-12-22(28)25-23(29)14-20(26)15-24(25)30/h5,7-9,11-15,26-27,29-30H,4,6,10H2,1-3H3/b12-9?,17-7+. The van der Waals surface area contributed by atoms with Gasteiger partial charge in [-0.25, -0.2) is 0 Å². The first kappa shape index (κ1) is 22.8. The Morgan fingerprint density at radius 3 is 2.20 bits per heavy atom. The molecule has 0 aromatic heterocycles. The van der Waals surface area contributed by atoms with Crippen LogP contribution in [-0.4, -0.2) is 26.2 Å². The van der Waals surface area contributed by atoms with Crippen molar-refractivity contribution >= 4 is 11.9 Å². The van der Waals surface area contributed by atoms with E-state index in [-0.39, 0.29) is 17.1 Å². The highest BCUT2D eigenvalue weighted by atomic mass is 16.3. The highest BCUT2D eigenvalue weighted by Crippen LogP contribution is 2.32. The van der Waals surface area contributed by atoms with Gasteiger partial charge in [0.1, 0.15) is 28.6 Å². The molecule has 0 atom stereocenters. The van der Waals surface area contributed by atoms with Gasteiger partial charge < -0.3 is 20.4 Å². The Balaban J connectivity index is 2.13. The first-order valence-electron chi connectivity index (χ1n) is 9.75. The number of rotatable bonds is 8. The van der Waals surface area contributed by atoms with Crippen molar-refractivity contribution in [2.75, 3.05) is 0 Å². The molecule has 0 bridgehead atoms. The van der Waals surface area contributed by atoms with Crippen LogP contribution in [0.4, 0.5) is 0 Å². The molecule has 0 aliphatic heterocycles. The molecule has 0 aliphatic rings. The lowest BCUT2D eigenvalue weighted by Crippen LogP contribution is -1.96. The van der Waals surface area contributed by atoms with E-state index < -0.39 is 17.3 Å². The molecular formula is C25H28O5. The molecular weight excluding hydrogens is 380 g/mol. The normalized spacial score (nSPS) is 11.6. The van der Waals surface area contributed by atoms with Gasteiger partial charge in [0.25, 0.3) is 0 Å². The smallest absolute Gasteiger partial charge is 0.193 e. The van der Waals surface area contributed by atoms with Gasteiger partial charge in [0, 0.05) is 12.1 Å². The van der Waals surface area contributed by atoms with Gasteiger partial charge in [-0.15, -0.1) is 0 Å². The van der Waals surface area contributed by atoms with Crippen molar-refractivity contribution in [2.45, 2.75) is 40.0 Å². The molecule has 4 N–H and O–H groups in total. The minimum atomic E-state index is -0.602. The zero-order chi connectivity index (χ0) is 22.3. The van der Waals surface area contributed by atoms with E-state index in [4.69, 9.17) is 0 Å². The Kier molecular flexibility index (Phi) is 7.87. The average Bonchev–Trinajstić information content (AvgIpc) is 2.65. The lowest BCUT2D eigenvalue weighted by molar-refractivity contribution is 0.104. The maximum atomic E-state index is 12.3. The Morgan fingerprint density at radius 2 is 1.57 bits per heavy atom. The lowest BCUT2D eigenvalue weighted by Gasteiger charge is -2.06. The molecule has 0 saturated carbocycles. The molecule has 2 rings (SSSR count). The van der Waals surface area contributed by atoms with Crippen LogP contribution >= 0.6 is 0 Å². The predicted molar refractivity (Wildman–Crippen MR) is 119 cm³/mol. The molecule has 0 unspecified atom stereocenters. The van der Waals surface area contributed by atoms with Crippen molar-refractivity contribution < 1.29 is 25.2 Å². The SMILES string of the molecule is CC(C)=CCC/C(C)=C/Cc1cc(C=CC(=O)c2c(O)cc(O)cc2O)ccc1O. The third kappa shape index (κ3) is 6.55. The van der Waals surface area contributed by atoms with Crippen molar-refractivity contribution in [3.05, 3.63) is 76.4 Å². The van der Waals surface area contributed by atoms with Crippen LogP contribution in [0.25, 0.3) is 6.08 Å². The Hall–Kier alpha value is -3.47. The van der Waals surface area contributed by atoms with Crippen molar-refractivity contribution in [3.63, 3.8) is 0 Å². The van der Waals surface area contributed by atoms with Crippen molar-refractivity contribution in [1.29, 1.82) is 0 Å². The highest BCUT2D eigenvalue weighted by Gasteiger charge is 2.15. The van der Waals surface area contributed by atoms with Crippen LogP contribution in [0.5, 0.6) is 23.0 Å². The first-order valence-corrected chi connectivity index (χ1v) is 9.75. The summed E-state index contributed by atoms with van der Waals surface area (Å²) in [7, 11) is 0. The number of hydrogen-bond acceptors (Lipinski definition) is 5. The molecule has 0 fully saturated rings. The van der Waals surface area contributed by atoms with Gasteiger partial charge in [0.05, 0.1) is 0 Å². The fraction of sp³-hybridized carbons (Fsp3) is 0.240. The van der Waals surface area contributed by atoms with Crippen LogP contribution in [-0.2, 0) is 6.42 Å². The van der Waals surface area contributed by atoms with Gasteiger partial charge in [-0.05, 0) is 69.4 Å². The van der Waals surface area contributed by atoms with Crippen molar-refractivity contribution in [2.24, 2.45) is 0 Å². The molecule has 0 amide bonds. The van der Waals surface area contributed by atoms with Crippen LogP contribution in [0.3, 0.4) is 0 Å². The summed E-state index contributed by atoms with van der Waals surface area (Å²) in [6.07, 6.45) is 9.56. The molecule has 0 heterocycles. The fourth-order valence-electron chi connectivity index (χ4n) is 2.95. The second-order valence-corrected chi connectivity index (χ2v) is 7.52. The van der Waals surface area contributed by atoms with E-state index in [0.29, 0.717) is 12.0 Å². The summed E-state index contributed by atoms with van der Waals surface area (Å²) >= 11 is 0. The monoisotopic (exact) mass is 408 g/mol. The maximum absolute atomic E-state index is 12.3. The number of benzene rings is 2. The zero-order valence-electron chi connectivity index (χ0n) is 17.5. The number of carbonyl (C=O) groups is 1. The van der Waals surface area contributed by atoms with Gasteiger partial charge in [0.15, 0.2) is 5.78 Å². The summed E-state index contributed by atoms with van der Waals surface area (Å²) in [6.45, 7) is 6.21. The fourth-order valence-corrected chi connectivity index (χ4v) is 2.95. The van der Waals surface area contributed by atoms with E-state index in [1.807, 2.05) is 0 Å². The molecule has 5 heteroatoms. The number of phenols is 4. The van der Waals surface area contributed by atoms with E-state index in [2.05, 4.69) is 32.9 Å². The van der Waals surface area contributed by atoms with E-state index >= 15 is 0 Å². The number of aromatic hydroxyl groups is 4. The minimum absolute atomic E-state index is 0.181. The molecule has 30 heavy (non-hydrogen) atoms. The molecule has 0 aliphatic carbocycles. The summed E-state index contributed by atoms with van der Waals surface area (Å²) in [6, 6.07) is 7.01. The minimum Gasteiger partial charge on any atom is -0.508 e. The molecule has 0 radical (unpaired) electrons. The number of carbonyl (C=O) groups excluding carboxylic acids is 1. The highest BCUT2D eigenvalue weighted by molar-refractivity contribution is 6.10. The summed E-state index contributed by atoms with van der Waals surface area (Å²) in [5.74, 6) is -1.75. The summed E-state index contributed by atoms with van der Waals surface area (Å²) < 4.78 is 0. The summed E-state index contributed by atoms with van der Waals surface area (Å²) in [4.78, 5) is 12.3. The van der Waals surface area contributed by atoms with Crippen LogP contribution in [0, 0.1) is 0 Å². The number of ketones is 1. The molecule has 2 aromatic rings.